The summed E-state index contributed by atoms with van der Waals surface area (Å²) in [4.78, 5) is 20.6. The van der Waals surface area contributed by atoms with Gasteiger partial charge in [0.15, 0.2) is 0 Å². The molecule has 0 aliphatic rings. The number of hydrogen-bond acceptors (Lipinski definition) is 6. The van der Waals surface area contributed by atoms with E-state index < -0.39 is 5.97 Å². The van der Waals surface area contributed by atoms with E-state index in [0.717, 1.165) is 11.8 Å². The van der Waals surface area contributed by atoms with Crippen LogP contribution in [0.1, 0.15) is 28.6 Å². The largest absolute Gasteiger partial charge is 0.477 e. The molecule has 0 saturated carbocycles. The second kappa shape index (κ2) is 6.15. The fourth-order valence-electron chi connectivity index (χ4n) is 2.04. The normalized spacial score (nSPS) is 12.6. The van der Waals surface area contributed by atoms with Crippen LogP contribution >= 0.6 is 11.3 Å². The van der Waals surface area contributed by atoms with Crippen molar-refractivity contribution in [3.05, 3.63) is 16.8 Å². The van der Waals surface area contributed by atoms with Crippen molar-refractivity contribution in [1.82, 2.24) is 9.97 Å². The third kappa shape index (κ3) is 2.73. The molecule has 108 valence electrons. The number of carbonyl (C=O) groups is 1. The van der Waals surface area contributed by atoms with Crippen LogP contribution in [0.4, 0.5) is 5.82 Å². The highest BCUT2D eigenvalue weighted by atomic mass is 32.1. The Morgan fingerprint density at radius 3 is 2.90 bits per heavy atom. The summed E-state index contributed by atoms with van der Waals surface area (Å²) in [5.74, 6) is -0.263. The quantitative estimate of drug-likeness (QED) is 0.852. The van der Waals surface area contributed by atoms with Crippen LogP contribution in [0.2, 0.25) is 0 Å². The minimum atomic E-state index is -0.930. The molecule has 0 bridgehead atoms. The molecule has 7 heteroatoms. The predicted molar refractivity (Wildman–Crippen MR) is 78.7 cm³/mol. The zero-order valence-corrected chi connectivity index (χ0v) is 12.5. The van der Waals surface area contributed by atoms with Gasteiger partial charge in [-0.3, -0.25) is 0 Å². The third-order valence-corrected chi connectivity index (χ3v) is 4.31. The number of anilines is 1. The lowest BCUT2D eigenvalue weighted by atomic mass is 10.2. The zero-order valence-electron chi connectivity index (χ0n) is 11.6. The summed E-state index contributed by atoms with van der Waals surface area (Å²) < 4.78 is 5.16. The maximum Gasteiger partial charge on any atom is 0.346 e. The molecule has 0 unspecified atom stereocenters. The van der Waals surface area contributed by atoms with E-state index in [2.05, 4.69) is 22.2 Å². The number of fused-ring (bicyclic) bond motifs is 1. The van der Waals surface area contributed by atoms with Crippen LogP contribution in [0.3, 0.4) is 0 Å². The van der Waals surface area contributed by atoms with Gasteiger partial charge in [-0.05, 0) is 18.9 Å². The number of nitrogens with one attached hydrogen (secondary N) is 1. The standard InChI is InChI=1S/C13H17N3O3S/c1-4-8(5-19-3)16-11-9-7(2)10(13(17)18)20-12(9)15-6-14-11/h6,8H,4-5H2,1-3H3,(H,17,18)(H,14,15,16)/t8-/m0/s1. The van der Waals surface area contributed by atoms with Crippen LogP contribution < -0.4 is 5.32 Å². The molecule has 2 rings (SSSR count). The van der Waals surface area contributed by atoms with Crippen LogP contribution in [0.15, 0.2) is 6.33 Å². The second-order valence-corrected chi connectivity index (χ2v) is 5.47. The first-order valence-corrected chi connectivity index (χ1v) is 7.13. The third-order valence-electron chi connectivity index (χ3n) is 3.12. The van der Waals surface area contributed by atoms with E-state index >= 15 is 0 Å². The summed E-state index contributed by atoms with van der Waals surface area (Å²) in [5.41, 5.74) is 0.702. The van der Waals surface area contributed by atoms with Gasteiger partial charge in [0.1, 0.15) is 21.9 Å². The predicted octanol–water partition coefficient (Wildman–Crippen LogP) is 2.53. The molecular formula is C13H17N3O3S. The molecular weight excluding hydrogens is 278 g/mol. The van der Waals surface area contributed by atoms with Gasteiger partial charge in [0.25, 0.3) is 0 Å². The molecule has 0 saturated heterocycles. The molecule has 0 radical (unpaired) electrons. The summed E-state index contributed by atoms with van der Waals surface area (Å²) in [5, 5.41) is 13.3. The Morgan fingerprint density at radius 2 is 2.30 bits per heavy atom. The van der Waals surface area contributed by atoms with Gasteiger partial charge in [-0.1, -0.05) is 6.92 Å². The number of hydrogen-bond donors (Lipinski definition) is 2. The van der Waals surface area contributed by atoms with Gasteiger partial charge < -0.3 is 15.2 Å². The molecule has 0 amide bonds. The highest BCUT2D eigenvalue weighted by Gasteiger charge is 2.19. The number of methoxy groups -OCH3 is 1. The van der Waals surface area contributed by atoms with Gasteiger partial charge in [0, 0.05) is 7.11 Å². The van der Waals surface area contributed by atoms with Gasteiger partial charge in [0.05, 0.1) is 18.0 Å². The highest BCUT2D eigenvalue weighted by Crippen LogP contribution is 2.33. The van der Waals surface area contributed by atoms with Crippen molar-refractivity contribution >= 4 is 33.3 Å². The number of ether oxygens (including phenoxy) is 1. The minimum absolute atomic E-state index is 0.130. The number of nitrogens with zero attached hydrogens (tertiary/aromatic N) is 2. The number of carboxylic acid groups (broad SMARTS) is 1. The number of aromatic carboxylic acids is 1. The van der Waals surface area contributed by atoms with Crippen molar-refractivity contribution in [2.24, 2.45) is 0 Å². The maximum atomic E-state index is 11.2. The molecule has 1 atom stereocenters. The van der Waals surface area contributed by atoms with Gasteiger partial charge in [-0.15, -0.1) is 11.3 Å². The lowest BCUT2D eigenvalue weighted by Crippen LogP contribution is -2.24. The summed E-state index contributed by atoms with van der Waals surface area (Å²) in [7, 11) is 1.65. The van der Waals surface area contributed by atoms with E-state index in [-0.39, 0.29) is 6.04 Å². The molecule has 6 nitrogen and oxygen atoms in total. The Morgan fingerprint density at radius 1 is 1.55 bits per heavy atom. The summed E-state index contributed by atoms with van der Waals surface area (Å²) in [6.07, 6.45) is 2.33. The number of rotatable bonds is 6. The SMILES string of the molecule is CC[C@@H](COC)Nc1ncnc2sc(C(=O)O)c(C)c12. The first-order chi connectivity index (χ1) is 9.58. The fraction of sp³-hybridized carbons (Fsp3) is 0.462. The fourth-order valence-corrected chi connectivity index (χ4v) is 3.03. The molecule has 2 aromatic rings. The number of carboxylic acids is 1. The first-order valence-electron chi connectivity index (χ1n) is 6.31. The van der Waals surface area contributed by atoms with Gasteiger partial charge in [-0.25, -0.2) is 14.8 Å². The average molecular weight is 295 g/mol. The van der Waals surface area contributed by atoms with Crippen molar-refractivity contribution < 1.29 is 14.6 Å². The minimum Gasteiger partial charge on any atom is -0.477 e. The Hall–Kier alpha value is -1.73. The van der Waals surface area contributed by atoms with Crippen LogP contribution in [0, 0.1) is 6.92 Å². The van der Waals surface area contributed by atoms with Crippen molar-refractivity contribution in [3.63, 3.8) is 0 Å². The lowest BCUT2D eigenvalue weighted by molar-refractivity contribution is 0.0701. The van der Waals surface area contributed by atoms with Gasteiger partial charge in [0.2, 0.25) is 0 Å². The Labute approximate surface area is 120 Å². The lowest BCUT2D eigenvalue weighted by Gasteiger charge is -2.17. The Bertz CT molecular complexity index is 627. The van der Waals surface area contributed by atoms with Crippen LogP contribution in [0.5, 0.6) is 0 Å². The highest BCUT2D eigenvalue weighted by molar-refractivity contribution is 7.20. The van der Waals surface area contributed by atoms with Gasteiger partial charge in [-0.2, -0.15) is 0 Å². The molecule has 0 spiro atoms. The molecule has 20 heavy (non-hydrogen) atoms. The van der Waals surface area contributed by atoms with Gasteiger partial charge >= 0.3 is 5.97 Å². The smallest absolute Gasteiger partial charge is 0.346 e. The molecule has 0 aliphatic carbocycles. The first kappa shape index (κ1) is 14.7. The van der Waals surface area contributed by atoms with E-state index in [1.54, 1.807) is 14.0 Å². The summed E-state index contributed by atoms with van der Waals surface area (Å²) in [6, 6.07) is 0.130. The summed E-state index contributed by atoms with van der Waals surface area (Å²) >= 11 is 1.17. The van der Waals surface area contributed by atoms with Crippen molar-refractivity contribution in [1.29, 1.82) is 0 Å². The van der Waals surface area contributed by atoms with Crippen molar-refractivity contribution in [2.45, 2.75) is 26.3 Å². The van der Waals surface area contributed by atoms with E-state index in [1.165, 1.54) is 17.7 Å². The summed E-state index contributed by atoms with van der Waals surface area (Å²) in [6.45, 7) is 4.41. The van der Waals surface area contributed by atoms with E-state index in [0.29, 0.717) is 27.7 Å². The number of thiophene rings is 1. The van der Waals surface area contributed by atoms with E-state index in [9.17, 15) is 9.90 Å². The number of aryl methyl sites for hydroxylation is 1. The van der Waals surface area contributed by atoms with E-state index in [1.807, 2.05) is 0 Å². The molecule has 0 aliphatic heterocycles. The molecule has 0 aromatic carbocycles. The maximum absolute atomic E-state index is 11.2. The topological polar surface area (TPSA) is 84.3 Å². The monoisotopic (exact) mass is 295 g/mol. The molecule has 0 fully saturated rings. The van der Waals surface area contributed by atoms with Crippen molar-refractivity contribution in [2.75, 3.05) is 19.0 Å². The molecule has 2 aromatic heterocycles. The zero-order chi connectivity index (χ0) is 14.7. The number of aromatic nitrogens is 2. The Kier molecular flexibility index (Phi) is 4.51. The molecule has 2 heterocycles. The second-order valence-electron chi connectivity index (χ2n) is 4.47. The van der Waals surface area contributed by atoms with Crippen LogP contribution in [-0.2, 0) is 4.74 Å². The average Bonchev–Trinajstić information content (AvgIpc) is 2.77. The molecule has 2 N–H and O–H groups in total. The van der Waals surface area contributed by atoms with E-state index in [4.69, 9.17) is 4.74 Å². The van der Waals surface area contributed by atoms with Crippen LogP contribution in [-0.4, -0.2) is 40.8 Å². The van der Waals surface area contributed by atoms with Crippen molar-refractivity contribution in [3.8, 4) is 0 Å². The Balaban J connectivity index is 2.45. The van der Waals surface area contributed by atoms with Crippen LogP contribution in [0.25, 0.3) is 10.2 Å².